The number of fused-ring (bicyclic) bond motifs is 1. The zero-order chi connectivity index (χ0) is 19.7. The van der Waals surface area contributed by atoms with Gasteiger partial charge in [0.1, 0.15) is 5.01 Å². The SMILES string of the molecule is Cc1ccc2nc(-c3ccc(NC(=O)[C@@H](C)N4CCCC[C@H]4C)cc3)sc2c1. The van der Waals surface area contributed by atoms with E-state index in [-0.39, 0.29) is 11.9 Å². The van der Waals surface area contributed by atoms with Crippen LogP contribution in [0.2, 0.25) is 0 Å². The van der Waals surface area contributed by atoms with Gasteiger partial charge in [0.25, 0.3) is 0 Å². The van der Waals surface area contributed by atoms with Crippen molar-refractivity contribution < 1.29 is 4.79 Å². The topological polar surface area (TPSA) is 45.2 Å². The number of aromatic nitrogens is 1. The zero-order valence-corrected chi connectivity index (χ0v) is 17.6. The zero-order valence-electron chi connectivity index (χ0n) is 16.7. The summed E-state index contributed by atoms with van der Waals surface area (Å²) in [6.45, 7) is 7.33. The van der Waals surface area contributed by atoms with Gasteiger partial charge < -0.3 is 5.32 Å². The highest BCUT2D eigenvalue weighted by Crippen LogP contribution is 2.31. The van der Waals surface area contributed by atoms with E-state index in [9.17, 15) is 4.79 Å². The molecule has 2 aromatic carbocycles. The molecule has 0 radical (unpaired) electrons. The quantitative estimate of drug-likeness (QED) is 0.639. The first-order valence-corrected chi connectivity index (χ1v) is 10.9. The fourth-order valence-corrected chi connectivity index (χ4v) is 5.01. The molecule has 3 aromatic rings. The Labute approximate surface area is 170 Å². The molecule has 4 nitrogen and oxygen atoms in total. The Morgan fingerprint density at radius 2 is 2.00 bits per heavy atom. The average Bonchev–Trinajstić information content (AvgIpc) is 3.11. The third-order valence-corrected chi connectivity index (χ3v) is 6.74. The first kappa shape index (κ1) is 19.1. The molecule has 1 aromatic heterocycles. The maximum atomic E-state index is 12.7. The molecular weight excluding hydrogens is 366 g/mol. The number of anilines is 1. The van der Waals surface area contributed by atoms with Crippen molar-refractivity contribution in [2.75, 3.05) is 11.9 Å². The summed E-state index contributed by atoms with van der Waals surface area (Å²) in [5, 5.41) is 4.08. The van der Waals surface area contributed by atoms with E-state index in [1.807, 2.05) is 31.2 Å². The Morgan fingerprint density at radius 3 is 2.75 bits per heavy atom. The molecule has 146 valence electrons. The lowest BCUT2D eigenvalue weighted by molar-refractivity contribution is -0.122. The number of carbonyl (C=O) groups is 1. The van der Waals surface area contributed by atoms with Crippen molar-refractivity contribution in [2.45, 2.75) is 52.1 Å². The van der Waals surface area contributed by atoms with Crippen LogP contribution in [0.4, 0.5) is 5.69 Å². The summed E-state index contributed by atoms with van der Waals surface area (Å²) in [6.07, 6.45) is 3.62. The molecule has 0 aliphatic carbocycles. The first-order chi connectivity index (χ1) is 13.5. The lowest BCUT2D eigenvalue weighted by Gasteiger charge is -2.37. The maximum Gasteiger partial charge on any atom is 0.241 e. The predicted molar refractivity (Wildman–Crippen MR) is 118 cm³/mol. The normalized spacial score (nSPS) is 18.9. The van der Waals surface area contributed by atoms with E-state index in [4.69, 9.17) is 4.98 Å². The predicted octanol–water partition coefficient (Wildman–Crippen LogP) is 5.47. The third kappa shape index (κ3) is 3.96. The van der Waals surface area contributed by atoms with Gasteiger partial charge in [0.2, 0.25) is 5.91 Å². The number of nitrogens with zero attached hydrogens (tertiary/aromatic N) is 2. The third-order valence-electron chi connectivity index (χ3n) is 5.67. The number of benzene rings is 2. The van der Waals surface area contributed by atoms with E-state index in [1.165, 1.54) is 29.5 Å². The highest BCUT2D eigenvalue weighted by molar-refractivity contribution is 7.21. The molecule has 2 atom stereocenters. The van der Waals surface area contributed by atoms with Crippen LogP contribution in [0, 0.1) is 6.92 Å². The van der Waals surface area contributed by atoms with Crippen molar-refractivity contribution in [1.29, 1.82) is 0 Å². The Bertz CT molecular complexity index is 979. The summed E-state index contributed by atoms with van der Waals surface area (Å²) in [5.74, 6) is 0.0666. The van der Waals surface area contributed by atoms with Gasteiger partial charge in [-0.3, -0.25) is 9.69 Å². The van der Waals surface area contributed by atoms with Crippen molar-refractivity contribution in [3.8, 4) is 10.6 Å². The van der Waals surface area contributed by atoms with E-state index in [2.05, 4.69) is 42.3 Å². The number of hydrogen-bond donors (Lipinski definition) is 1. The number of rotatable bonds is 4. The number of piperidine rings is 1. The van der Waals surface area contributed by atoms with Gasteiger partial charge >= 0.3 is 0 Å². The summed E-state index contributed by atoms with van der Waals surface area (Å²) in [6, 6.07) is 14.7. The van der Waals surface area contributed by atoms with Crippen LogP contribution in [0.25, 0.3) is 20.8 Å². The fraction of sp³-hybridized carbons (Fsp3) is 0.391. The molecule has 28 heavy (non-hydrogen) atoms. The number of carbonyl (C=O) groups excluding carboxylic acids is 1. The minimum atomic E-state index is -0.109. The van der Waals surface area contributed by atoms with Crippen LogP contribution in [-0.4, -0.2) is 34.4 Å². The molecule has 0 saturated carbocycles. The van der Waals surface area contributed by atoms with E-state index in [1.54, 1.807) is 11.3 Å². The number of nitrogens with one attached hydrogen (secondary N) is 1. The number of amides is 1. The second-order valence-electron chi connectivity index (χ2n) is 7.82. The summed E-state index contributed by atoms with van der Waals surface area (Å²) < 4.78 is 1.21. The number of thiazole rings is 1. The van der Waals surface area contributed by atoms with Gasteiger partial charge in [0.05, 0.1) is 16.3 Å². The van der Waals surface area contributed by atoms with Gasteiger partial charge in [-0.1, -0.05) is 12.5 Å². The lowest BCUT2D eigenvalue weighted by Crippen LogP contribution is -2.48. The van der Waals surface area contributed by atoms with Crippen LogP contribution in [0.1, 0.15) is 38.7 Å². The molecule has 0 bridgehead atoms. The first-order valence-electron chi connectivity index (χ1n) is 10.1. The molecule has 0 spiro atoms. The molecule has 4 rings (SSSR count). The lowest BCUT2D eigenvalue weighted by atomic mass is 10.0. The van der Waals surface area contributed by atoms with Gasteiger partial charge in [-0.25, -0.2) is 4.98 Å². The summed E-state index contributed by atoms with van der Waals surface area (Å²) in [5.41, 5.74) is 4.20. The van der Waals surface area contributed by atoms with Crippen LogP contribution >= 0.6 is 11.3 Å². The maximum absolute atomic E-state index is 12.7. The second-order valence-corrected chi connectivity index (χ2v) is 8.85. The summed E-state index contributed by atoms with van der Waals surface area (Å²) in [4.78, 5) is 19.8. The van der Waals surface area contributed by atoms with Crippen molar-refractivity contribution >= 4 is 33.1 Å². The van der Waals surface area contributed by atoms with E-state index < -0.39 is 0 Å². The van der Waals surface area contributed by atoms with Crippen LogP contribution in [0.3, 0.4) is 0 Å². The Balaban J connectivity index is 1.45. The van der Waals surface area contributed by atoms with Gasteiger partial charge in [-0.15, -0.1) is 11.3 Å². The molecule has 1 fully saturated rings. The minimum Gasteiger partial charge on any atom is -0.325 e. The van der Waals surface area contributed by atoms with Crippen molar-refractivity contribution in [3.05, 3.63) is 48.0 Å². The molecular formula is C23H27N3OS. The minimum absolute atomic E-state index is 0.0666. The fourth-order valence-electron chi connectivity index (χ4n) is 3.94. The van der Waals surface area contributed by atoms with Crippen molar-refractivity contribution in [2.24, 2.45) is 0 Å². The van der Waals surface area contributed by atoms with Crippen molar-refractivity contribution in [3.63, 3.8) is 0 Å². The molecule has 1 N–H and O–H groups in total. The van der Waals surface area contributed by atoms with Gasteiger partial charge in [0, 0.05) is 17.3 Å². The molecule has 1 amide bonds. The molecule has 0 unspecified atom stereocenters. The van der Waals surface area contributed by atoms with E-state index >= 15 is 0 Å². The molecule has 5 heteroatoms. The highest BCUT2D eigenvalue weighted by Gasteiger charge is 2.27. The van der Waals surface area contributed by atoms with Crippen LogP contribution in [0.5, 0.6) is 0 Å². The largest absolute Gasteiger partial charge is 0.325 e. The summed E-state index contributed by atoms with van der Waals surface area (Å²) >= 11 is 1.70. The smallest absolute Gasteiger partial charge is 0.241 e. The Morgan fingerprint density at radius 1 is 1.21 bits per heavy atom. The molecule has 1 aliphatic heterocycles. The van der Waals surface area contributed by atoms with Crippen LogP contribution in [-0.2, 0) is 4.79 Å². The van der Waals surface area contributed by atoms with Crippen LogP contribution < -0.4 is 5.32 Å². The number of likely N-dealkylation sites (tertiary alicyclic amines) is 1. The second kappa shape index (κ2) is 8.02. The Kier molecular flexibility index (Phi) is 5.47. The standard InChI is InChI=1S/C23H27N3OS/c1-15-7-12-20-21(14-15)28-23(25-20)18-8-10-19(11-9-18)24-22(27)17(3)26-13-5-4-6-16(26)2/h7-12,14,16-17H,4-6,13H2,1-3H3,(H,24,27)/t16-,17-/m1/s1. The monoisotopic (exact) mass is 393 g/mol. The van der Waals surface area contributed by atoms with Crippen molar-refractivity contribution in [1.82, 2.24) is 9.88 Å². The molecule has 1 aliphatic rings. The van der Waals surface area contributed by atoms with Gasteiger partial charge in [-0.05, 0) is 82.1 Å². The number of hydrogen-bond acceptors (Lipinski definition) is 4. The summed E-state index contributed by atoms with van der Waals surface area (Å²) in [7, 11) is 0. The van der Waals surface area contributed by atoms with E-state index in [0.29, 0.717) is 6.04 Å². The van der Waals surface area contributed by atoms with E-state index in [0.717, 1.165) is 28.3 Å². The van der Waals surface area contributed by atoms with Gasteiger partial charge in [0.15, 0.2) is 0 Å². The average molecular weight is 394 g/mol. The molecule has 2 heterocycles. The van der Waals surface area contributed by atoms with Gasteiger partial charge in [-0.2, -0.15) is 0 Å². The van der Waals surface area contributed by atoms with Crippen LogP contribution in [0.15, 0.2) is 42.5 Å². The number of aryl methyl sites for hydroxylation is 1. The highest BCUT2D eigenvalue weighted by atomic mass is 32.1. The molecule has 1 saturated heterocycles. The Hall–Kier alpha value is -2.24.